The lowest BCUT2D eigenvalue weighted by molar-refractivity contribution is -0.118. The quantitative estimate of drug-likeness (QED) is 0.367. The van der Waals surface area contributed by atoms with Crippen LogP contribution in [0.25, 0.3) is 10.2 Å². The first kappa shape index (κ1) is 22.5. The lowest BCUT2D eigenvalue weighted by atomic mass is 10.2. The number of hydrogen-bond acceptors (Lipinski definition) is 6. The fraction of sp³-hybridized carbons (Fsp3) is 0.0870. The molecule has 0 atom stereocenters. The second-order valence-electron chi connectivity index (χ2n) is 6.79. The average Bonchev–Trinajstić information content (AvgIpc) is 3.20. The zero-order valence-corrected chi connectivity index (χ0v) is 18.8. The monoisotopic (exact) mass is 485 g/mol. The van der Waals surface area contributed by atoms with Crippen LogP contribution in [0.15, 0.2) is 60.7 Å². The van der Waals surface area contributed by atoms with Crippen molar-refractivity contribution in [3.63, 3.8) is 0 Å². The largest absolute Gasteiger partial charge is 0.493 e. The number of benzene rings is 3. The van der Waals surface area contributed by atoms with Crippen LogP contribution in [0.1, 0.15) is 10.4 Å². The number of rotatable bonds is 7. The maximum atomic E-state index is 13.0. The molecule has 1 aromatic heterocycles. The Morgan fingerprint density at radius 1 is 1.03 bits per heavy atom. The summed E-state index contributed by atoms with van der Waals surface area (Å²) in [6, 6.07) is 15.3. The number of anilines is 2. The number of methoxy groups -OCH3 is 1. The van der Waals surface area contributed by atoms with Gasteiger partial charge in [-0.05, 0) is 60.7 Å². The van der Waals surface area contributed by atoms with Crippen molar-refractivity contribution >= 4 is 55.8 Å². The first-order chi connectivity index (χ1) is 15.9. The molecule has 3 aromatic carbocycles. The highest BCUT2D eigenvalue weighted by Crippen LogP contribution is 2.31. The van der Waals surface area contributed by atoms with Crippen molar-refractivity contribution in [3.8, 4) is 11.5 Å². The molecular formula is C23H17ClFN3O4S. The van der Waals surface area contributed by atoms with Gasteiger partial charge in [0.25, 0.3) is 11.8 Å². The number of amides is 2. The van der Waals surface area contributed by atoms with Gasteiger partial charge in [-0.25, -0.2) is 9.37 Å². The van der Waals surface area contributed by atoms with Gasteiger partial charge in [0, 0.05) is 16.3 Å². The minimum atomic E-state index is -0.429. The molecule has 0 aliphatic rings. The molecule has 0 fully saturated rings. The fourth-order valence-corrected chi connectivity index (χ4v) is 4.06. The molecule has 4 rings (SSSR count). The van der Waals surface area contributed by atoms with Crippen LogP contribution in [-0.2, 0) is 4.79 Å². The van der Waals surface area contributed by atoms with E-state index in [1.54, 1.807) is 24.3 Å². The van der Waals surface area contributed by atoms with Gasteiger partial charge >= 0.3 is 0 Å². The van der Waals surface area contributed by atoms with Crippen molar-refractivity contribution < 1.29 is 23.5 Å². The second-order valence-corrected chi connectivity index (χ2v) is 8.26. The third-order valence-electron chi connectivity index (χ3n) is 4.48. The number of thiazole rings is 1. The van der Waals surface area contributed by atoms with Gasteiger partial charge in [0.2, 0.25) is 0 Å². The van der Waals surface area contributed by atoms with Crippen LogP contribution < -0.4 is 20.1 Å². The van der Waals surface area contributed by atoms with Crippen molar-refractivity contribution in [2.45, 2.75) is 0 Å². The zero-order valence-electron chi connectivity index (χ0n) is 17.2. The van der Waals surface area contributed by atoms with Crippen molar-refractivity contribution in [1.82, 2.24) is 4.98 Å². The summed E-state index contributed by atoms with van der Waals surface area (Å²) in [7, 11) is 1.43. The smallest absolute Gasteiger partial charge is 0.262 e. The van der Waals surface area contributed by atoms with Gasteiger partial charge in [0.15, 0.2) is 23.2 Å². The van der Waals surface area contributed by atoms with E-state index in [0.29, 0.717) is 21.4 Å². The summed E-state index contributed by atoms with van der Waals surface area (Å²) in [5.74, 6) is -0.627. The maximum Gasteiger partial charge on any atom is 0.262 e. The Hall–Kier alpha value is -3.69. The van der Waals surface area contributed by atoms with Crippen LogP contribution in [0.3, 0.4) is 0 Å². The molecule has 1 heterocycles. The Bertz CT molecular complexity index is 1330. The summed E-state index contributed by atoms with van der Waals surface area (Å²) < 4.78 is 24.7. The van der Waals surface area contributed by atoms with Gasteiger partial charge < -0.3 is 14.8 Å². The van der Waals surface area contributed by atoms with Crippen molar-refractivity contribution in [3.05, 3.63) is 77.1 Å². The number of nitrogens with zero attached hydrogens (tertiary/aromatic N) is 1. The van der Waals surface area contributed by atoms with Gasteiger partial charge in [-0.3, -0.25) is 14.9 Å². The number of carbonyl (C=O) groups is 2. The number of hydrogen-bond donors (Lipinski definition) is 2. The Morgan fingerprint density at radius 2 is 1.82 bits per heavy atom. The van der Waals surface area contributed by atoms with E-state index in [4.69, 9.17) is 21.1 Å². The van der Waals surface area contributed by atoms with Crippen molar-refractivity contribution in [2.75, 3.05) is 24.4 Å². The third kappa shape index (κ3) is 5.57. The number of halogens is 2. The molecule has 2 N–H and O–H groups in total. The van der Waals surface area contributed by atoms with Crippen molar-refractivity contribution in [1.29, 1.82) is 0 Å². The number of nitrogens with one attached hydrogen (secondary N) is 2. The Kier molecular flexibility index (Phi) is 6.71. The van der Waals surface area contributed by atoms with Crippen LogP contribution in [0.2, 0.25) is 5.02 Å². The summed E-state index contributed by atoms with van der Waals surface area (Å²) in [6.45, 7) is -0.298. The number of carbonyl (C=O) groups excluding carboxylic acids is 2. The molecule has 0 spiro atoms. The summed E-state index contributed by atoms with van der Waals surface area (Å²) >= 11 is 7.31. The Balaban J connectivity index is 1.40. The molecule has 0 saturated carbocycles. The summed E-state index contributed by atoms with van der Waals surface area (Å²) in [6.07, 6.45) is 0. The molecule has 7 nitrogen and oxygen atoms in total. The van der Waals surface area contributed by atoms with Crippen molar-refractivity contribution in [2.24, 2.45) is 0 Å². The first-order valence-corrected chi connectivity index (χ1v) is 10.8. The van der Waals surface area contributed by atoms with E-state index in [2.05, 4.69) is 15.6 Å². The van der Waals surface area contributed by atoms with Crippen LogP contribution in [0, 0.1) is 5.82 Å². The summed E-state index contributed by atoms with van der Waals surface area (Å²) in [5.41, 5.74) is 1.51. The molecule has 0 bridgehead atoms. The molecule has 168 valence electrons. The zero-order chi connectivity index (χ0) is 23.4. The molecule has 2 amide bonds. The predicted octanol–water partition coefficient (Wildman–Crippen LogP) is 5.37. The molecule has 0 radical (unpaired) electrons. The van der Waals surface area contributed by atoms with E-state index in [-0.39, 0.29) is 24.0 Å². The van der Waals surface area contributed by atoms with Gasteiger partial charge in [-0.1, -0.05) is 22.9 Å². The number of ether oxygens (including phenoxy) is 2. The van der Waals surface area contributed by atoms with E-state index in [0.717, 1.165) is 10.2 Å². The van der Waals surface area contributed by atoms with E-state index in [1.165, 1.54) is 54.8 Å². The molecule has 4 aromatic rings. The van der Waals surface area contributed by atoms with Gasteiger partial charge in [0.05, 0.1) is 17.3 Å². The highest BCUT2D eigenvalue weighted by atomic mass is 35.5. The van der Waals surface area contributed by atoms with Gasteiger partial charge in [-0.15, -0.1) is 0 Å². The SMILES string of the molecule is COc1cc(C(=O)Nc2nc3ccc(Cl)cc3s2)ccc1OCC(=O)Nc1ccc(F)cc1. The highest BCUT2D eigenvalue weighted by molar-refractivity contribution is 7.22. The van der Waals surface area contributed by atoms with Crippen LogP contribution in [0.4, 0.5) is 15.2 Å². The first-order valence-electron chi connectivity index (χ1n) is 9.65. The highest BCUT2D eigenvalue weighted by Gasteiger charge is 2.15. The minimum Gasteiger partial charge on any atom is -0.493 e. The summed E-state index contributed by atoms with van der Waals surface area (Å²) in [5, 5.41) is 6.39. The normalized spacial score (nSPS) is 10.6. The molecule has 0 aliphatic heterocycles. The molecule has 0 aliphatic carbocycles. The maximum absolute atomic E-state index is 13.0. The van der Waals surface area contributed by atoms with E-state index in [1.807, 2.05) is 0 Å². The summed E-state index contributed by atoms with van der Waals surface area (Å²) in [4.78, 5) is 29.1. The van der Waals surface area contributed by atoms with Crippen LogP contribution in [-0.4, -0.2) is 30.5 Å². The Labute approximate surface area is 197 Å². The van der Waals surface area contributed by atoms with Gasteiger partial charge in [-0.2, -0.15) is 0 Å². The Morgan fingerprint density at radius 3 is 2.58 bits per heavy atom. The van der Waals surface area contributed by atoms with E-state index in [9.17, 15) is 14.0 Å². The lowest BCUT2D eigenvalue weighted by Gasteiger charge is -2.12. The number of aromatic nitrogens is 1. The standard InChI is InChI=1S/C23H17ClFN3O4S/c1-31-19-10-13(22(30)28-23-27-17-8-3-14(24)11-20(17)33-23)2-9-18(19)32-12-21(29)26-16-6-4-15(25)5-7-16/h2-11H,12H2,1H3,(H,26,29)(H,27,28,30). The molecule has 10 heteroatoms. The van der Waals surface area contributed by atoms with E-state index >= 15 is 0 Å². The third-order valence-corrected chi connectivity index (χ3v) is 5.65. The predicted molar refractivity (Wildman–Crippen MR) is 126 cm³/mol. The van der Waals surface area contributed by atoms with E-state index < -0.39 is 11.7 Å². The minimum absolute atomic E-state index is 0.285. The second kappa shape index (κ2) is 9.85. The lowest BCUT2D eigenvalue weighted by Crippen LogP contribution is -2.20. The number of fused-ring (bicyclic) bond motifs is 1. The van der Waals surface area contributed by atoms with Crippen LogP contribution >= 0.6 is 22.9 Å². The molecular weight excluding hydrogens is 469 g/mol. The molecule has 0 unspecified atom stereocenters. The molecule has 33 heavy (non-hydrogen) atoms. The average molecular weight is 486 g/mol. The van der Waals surface area contributed by atoms with Crippen LogP contribution in [0.5, 0.6) is 11.5 Å². The van der Waals surface area contributed by atoms with Gasteiger partial charge in [0.1, 0.15) is 5.82 Å². The topological polar surface area (TPSA) is 89.6 Å². The molecule has 0 saturated heterocycles. The fourth-order valence-electron chi connectivity index (χ4n) is 2.92.